The van der Waals surface area contributed by atoms with Crippen LogP contribution in [-0.4, -0.2) is 39.1 Å². The van der Waals surface area contributed by atoms with E-state index in [2.05, 4.69) is 5.32 Å². The first kappa shape index (κ1) is 21.3. The van der Waals surface area contributed by atoms with Crippen molar-refractivity contribution in [2.45, 2.75) is 26.7 Å². The molecule has 0 aliphatic rings. The maximum absolute atomic E-state index is 12.2. The Morgan fingerprint density at radius 2 is 1.68 bits per heavy atom. The third-order valence-corrected chi connectivity index (χ3v) is 4.47. The van der Waals surface area contributed by atoms with Crippen molar-refractivity contribution in [2.24, 2.45) is 0 Å². The van der Waals surface area contributed by atoms with Crippen LogP contribution in [0.3, 0.4) is 0 Å². The van der Waals surface area contributed by atoms with E-state index >= 15 is 0 Å². The van der Waals surface area contributed by atoms with Gasteiger partial charge in [-0.2, -0.15) is 0 Å². The summed E-state index contributed by atoms with van der Waals surface area (Å²) in [6.45, 7) is 4.36. The van der Waals surface area contributed by atoms with E-state index in [1.54, 1.807) is 19.1 Å². The second-order valence-corrected chi connectivity index (χ2v) is 6.55. The van der Waals surface area contributed by atoms with E-state index in [9.17, 15) is 9.59 Å². The zero-order chi connectivity index (χ0) is 20.5. The molecule has 2 rings (SSSR count). The average molecular weight is 384 g/mol. The summed E-state index contributed by atoms with van der Waals surface area (Å²) in [7, 11) is 3.18. The van der Waals surface area contributed by atoms with Crippen molar-refractivity contribution >= 4 is 17.5 Å². The number of methoxy groups -OCH3 is 2. The minimum absolute atomic E-state index is 0.0524. The van der Waals surface area contributed by atoms with Crippen LogP contribution in [0.2, 0.25) is 0 Å². The van der Waals surface area contributed by atoms with Crippen LogP contribution in [0.1, 0.15) is 24.5 Å². The Balaban J connectivity index is 1.83. The van der Waals surface area contributed by atoms with Crippen LogP contribution in [-0.2, 0) is 16.0 Å². The van der Waals surface area contributed by atoms with E-state index < -0.39 is 0 Å². The number of rotatable bonds is 9. The fourth-order valence-electron chi connectivity index (χ4n) is 2.88. The molecule has 0 atom stereocenters. The van der Waals surface area contributed by atoms with Gasteiger partial charge in [0, 0.05) is 32.1 Å². The van der Waals surface area contributed by atoms with E-state index in [0.29, 0.717) is 37.4 Å². The molecular weight excluding hydrogens is 356 g/mol. The summed E-state index contributed by atoms with van der Waals surface area (Å²) in [6.07, 6.45) is 0.959. The zero-order valence-electron chi connectivity index (χ0n) is 17.0. The molecule has 0 heterocycles. The normalized spacial score (nSPS) is 10.3. The van der Waals surface area contributed by atoms with Crippen LogP contribution < -0.4 is 19.7 Å². The lowest BCUT2D eigenvalue weighted by Crippen LogP contribution is -2.37. The first-order chi connectivity index (χ1) is 13.4. The Labute approximate surface area is 166 Å². The number of carbonyl (C=O) groups is 2. The van der Waals surface area contributed by atoms with Gasteiger partial charge in [0.2, 0.25) is 11.8 Å². The van der Waals surface area contributed by atoms with Gasteiger partial charge in [0.15, 0.2) is 11.5 Å². The van der Waals surface area contributed by atoms with Crippen LogP contribution in [0.25, 0.3) is 0 Å². The second kappa shape index (κ2) is 10.3. The Morgan fingerprint density at radius 1 is 1.00 bits per heavy atom. The standard InChI is InChI=1S/C22H28N2O4/c1-16-5-9-19(10-6-16)24(17(2)25)14-13-23-22(26)12-8-18-7-11-20(27-3)21(15-18)28-4/h5-7,9-11,15H,8,12-14H2,1-4H3,(H,23,26). The smallest absolute Gasteiger partial charge is 0.223 e. The maximum Gasteiger partial charge on any atom is 0.223 e. The van der Waals surface area contributed by atoms with Gasteiger partial charge >= 0.3 is 0 Å². The van der Waals surface area contributed by atoms with Crippen LogP contribution >= 0.6 is 0 Å². The highest BCUT2D eigenvalue weighted by Crippen LogP contribution is 2.27. The molecule has 2 aromatic rings. The Kier molecular flexibility index (Phi) is 7.87. The molecule has 2 aromatic carbocycles. The second-order valence-electron chi connectivity index (χ2n) is 6.55. The number of hydrogen-bond donors (Lipinski definition) is 1. The van der Waals surface area contributed by atoms with E-state index in [1.807, 2.05) is 49.4 Å². The SMILES string of the molecule is COc1ccc(CCC(=O)NCCN(C(C)=O)c2ccc(C)cc2)cc1OC. The van der Waals surface area contributed by atoms with E-state index in [-0.39, 0.29) is 11.8 Å². The fraction of sp³-hybridized carbons (Fsp3) is 0.364. The third kappa shape index (κ3) is 6.01. The minimum Gasteiger partial charge on any atom is -0.493 e. The molecule has 0 saturated carbocycles. The van der Waals surface area contributed by atoms with Crippen molar-refractivity contribution in [3.05, 3.63) is 53.6 Å². The highest BCUT2D eigenvalue weighted by Gasteiger charge is 2.12. The van der Waals surface area contributed by atoms with Crippen LogP contribution in [0, 0.1) is 6.92 Å². The summed E-state index contributed by atoms with van der Waals surface area (Å²) in [4.78, 5) is 25.7. The van der Waals surface area contributed by atoms with Crippen molar-refractivity contribution in [1.82, 2.24) is 5.32 Å². The van der Waals surface area contributed by atoms with Crippen molar-refractivity contribution < 1.29 is 19.1 Å². The summed E-state index contributed by atoms with van der Waals surface area (Å²) < 4.78 is 10.5. The van der Waals surface area contributed by atoms with Gasteiger partial charge in [0.1, 0.15) is 0 Å². The van der Waals surface area contributed by atoms with Crippen molar-refractivity contribution in [3.8, 4) is 11.5 Å². The van der Waals surface area contributed by atoms with Crippen molar-refractivity contribution in [2.75, 3.05) is 32.2 Å². The Bertz CT molecular complexity index is 803. The number of nitrogens with zero attached hydrogens (tertiary/aromatic N) is 1. The van der Waals surface area contributed by atoms with Crippen LogP contribution in [0.4, 0.5) is 5.69 Å². The number of hydrogen-bond acceptors (Lipinski definition) is 4. The molecule has 0 aliphatic carbocycles. The molecule has 1 N–H and O–H groups in total. The van der Waals surface area contributed by atoms with E-state index in [4.69, 9.17) is 9.47 Å². The molecule has 2 amide bonds. The monoisotopic (exact) mass is 384 g/mol. The van der Waals surface area contributed by atoms with Gasteiger partial charge < -0.3 is 19.7 Å². The van der Waals surface area contributed by atoms with Gasteiger partial charge in [-0.05, 0) is 43.2 Å². The van der Waals surface area contributed by atoms with Gasteiger partial charge in [-0.25, -0.2) is 0 Å². The number of anilines is 1. The Hall–Kier alpha value is -3.02. The molecule has 0 spiro atoms. The predicted molar refractivity (Wildman–Crippen MR) is 110 cm³/mol. The molecular formula is C22H28N2O4. The van der Waals surface area contributed by atoms with E-state index in [1.165, 1.54) is 6.92 Å². The predicted octanol–water partition coefficient (Wildman–Crippen LogP) is 3.11. The Morgan fingerprint density at radius 3 is 2.29 bits per heavy atom. The molecule has 6 nitrogen and oxygen atoms in total. The maximum atomic E-state index is 12.2. The highest BCUT2D eigenvalue weighted by molar-refractivity contribution is 5.91. The number of amides is 2. The summed E-state index contributed by atoms with van der Waals surface area (Å²) in [6, 6.07) is 13.4. The summed E-state index contributed by atoms with van der Waals surface area (Å²) in [5.41, 5.74) is 2.96. The highest BCUT2D eigenvalue weighted by atomic mass is 16.5. The lowest BCUT2D eigenvalue weighted by molar-refractivity contribution is -0.121. The molecule has 150 valence electrons. The summed E-state index contributed by atoms with van der Waals surface area (Å²) >= 11 is 0. The molecule has 0 aliphatic heterocycles. The molecule has 0 unspecified atom stereocenters. The average Bonchev–Trinajstić information content (AvgIpc) is 2.70. The topological polar surface area (TPSA) is 67.9 Å². The third-order valence-electron chi connectivity index (χ3n) is 4.47. The number of nitrogens with one attached hydrogen (secondary N) is 1. The molecule has 0 saturated heterocycles. The van der Waals surface area contributed by atoms with Gasteiger partial charge in [-0.15, -0.1) is 0 Å². The minimum atomic E-state index is -0.0535. The quantitative estimate of drug-likeness (QED) is 0.721. The van der Waals surface area contributed by atoms with Crippen molar-refractivity contribution in [1.29, 1.82) is 0 Å². The lowest BCUT2D eigenvalue weighted by atomic mass is 10.1. The summed E-state index contributed by atoms with van der Waals surface area (Å²) in [5.74, 6) is 1.21. The van der Waals surface area contributed by atoms with Gasteiger partial charge in [0.05, 0.1) is 14.2 Å². The number of benzene rings is 2. The van der Waals surface area contributed by atoms with Gasteiger partial charge in [-0.3, -0.25) is 9.59 Å². The van der Waals surface area contributed by atoms with Crippen LogP contribution in [0.15, 0.2) is 42.5 Å². The first-order valence-electron chi connectivity index (χ1n) is 9.27. The molecule has 0 bridgehead atoms. The van der Waals surface area contributed by atoms with Gasteiger partial charge in [-0.1, -0.05) is 23.8 Å². The van der Waals surface area contributed by atoms with E-state index in [0.717, 1.165) is 16.8 Å². The fourth-order valence-corrected chi connectivity index (χ4v) is 2.88. The molecule has 6 heteroatoms. The number of aryl methyl sites for hydroxylation is 2. The molecule has 28 heavy (non-hydrogen) atoms. The lowest BCUT2D eigenvalue weighted by Gasteiger charge is -2.21. The largest absolute Gasteiger partial charge is 0.493 e. The summed E-state index contributed by atoms with van der Waals surface area (Å²) in [5, 5.41) is 2.88. The molecule has 0 aromatic heterocycles. The number of carbonyl (C=O) groups excluding carboxylic acids is 2. The number of ether oxygens (including phenoxy) is 2. The van der Waals surface area contributed by atoms with Gasteiger partial charge in [0.25, 0.3) is 0 Å². The molecule has 0 fully saturated rings. The molecule has 0 radical (unpaired) electrons. The van der Waals surface area contributed by atoms with Crippen LogP contribution in [0.5, 0.6) is 11.5 Å². The first-order valence-corrected chi connectivity index (χ1v) is 9.27. The van der Waals surface area contributed by atoms with Crippen molar-refractivity contribution in [3.63, 3.8) is 0 Å². The zero-order valence-corrected chi connectivity index (χ0v) is 17.0.